The van der Waals surface area contributed by atoms with Gasteiger partial charge in [-0.1, -0.05) is 0 Å². The van der Waals surface area contributed by atoms with Crippen LogP contribution in [0.15, 0.2) is 0 Å². The van der Waals surface area contributed by atoms with E-state index in [0.29, 0.717) is 0 Å². The Hall–Kier alpha value is -0.810. The highest BCUT2D eigenvalue weighted by atomic mass is 16.6. The summed E-state index contributed by atoms with van der Waals surface area (Å²) in [4.78, 5) is 13.6. The fourth-order valence-corrected chi connectivity index (χ4v) is 1.95. The van der Waals surface area contributed by atoms with Crippen molar-refractivity contribution in [1.29, 1.82) is 0 Å². The molecular weight excluding hydrogens is 220 g/mol. The van der Waals surface area contributed by atoms with Gasteiger partial charge in [-0.05, 0) is 40.8 Å². The van der Waals surface area contributed by atoms with Crippen molar-refractivity contribution in [2.45, 2.75) is 38.9 Å². The summed E-state index contributed by atoms with van der Waals surface area (Å²) in [6.07, 6.45) is 0.0172. The number of aliphatic hydroxyl groups excluding tert-OH is 1. The van der Waals surface area contributed by atoms with E-state index in [4.69, 9.17) is 4.74 Å². The van der Waals surface area contributed by atoms with Crippen LogP contribution in [0.2, 0.25) is 0 Å². The van der Waals surface area contributed by atoms with Crippen LogP contribution >= 0.6 is 0 Å². The Morgan fingerprint density at radius 3 is 2.71 bits per heavy atom. The van der Waals surface area contributed by atoms with Crippen molar-refractivity contribution in [1.82, 2.24) is 10.2 Å². The Morgan fingerprint density at radius 1 is 1.59 bits per heavy atom. The Morgan fingerprint density at radius 2 is 2.24 bits per heavy atom. The molecule has 0 saturated carbocycles. The number of aliphatic hydroxyl groups is 1. The van der Waals surface area contributed by atoms with Crippen LogP contribution in [0.3, 0.4) is 0 Å². The fraction of sp³-hybridized carbons (Fsp3) is 0.917. The van der Waals surface area contributed by atoms with E-state index in [-0.39, 0.29) is 12.5 Å². The Balaban J connectivity index is 2.24. The smallest absolute Gasteiger partial charge is 0.407 e. The average molecular weight is 244 g/mol. The van der Waals surface area contributed by atoms with E-state index < -0.39 is 17.8 Å². The predicted molar refractivity (Wildman–Crippen MR) is 65.8 cm³/mol. The van der Waals surface area contributed by atoms with Crippen LogP contribution in [0.25, 0.3) is 0 Å². The summed E-state index contributed by atoms with van der Waals surface area (Å²) in [5.41, 5.74) is -0.497. The molecule has 1 heterocycles. The number of nitrogens with one attached hydrogen (secondary N) is 1. The number of carbonyl (C=O) groups is 1. The number of nitrogens with zero attached hydrogens (tertiary/aromatic N) is 1. The van der Waals surface area contributed by atoms with Gasteiger partial charge in [0, 0.05) is 19.0 Å². The molecule has 0 aromatic heterocycles. The summed E-state index contributed by atoms with van der Waals surface area (Å²) in [5, 5.41) is 12.5. The standard InChI is InChI=1S/C12H24N2O3/c1-12(2,3)17-11(16)13-7-10(15)9-5-6-14(4)8-9/h9-10,15H,5-8H2,1-4H3,(H,13,16). The van der Waals surface area contributed by atoms with Crippen LogP contribution in [-0.2, 0) is 4.74 Å². The molecule has 17 heavy (non-hydrogen) atoms. The summed E-state index contributed by atoms with van der Waals surface area (Å²) in [6, 6.07) is 0. The second kappa shape index (κ2) is 5.69. The normalized spacial score (nSPS) is 23.5. The maximum Gasteiger partial charge on any atom is 0.407 e. The molecule has 5 nitrogen and oxygen atoms in total. The molecule has 0 bridgehead atoms. The first kappa shape index (κ1) is 14.3. The molecular formula is C12H24N2O3. The number of alkyl carbamates (subject to hydrolysis) is 1. The van der Waals surface area contributed by atoms with Gasteiger partial charge in [0.15, 0.2) is 0 Å². The first-order chi connectivity index (χ1) is 7.78. The van der Waals surface area contributed by atoms with E-state index in [1.54, 1.807) is 0 Å². The van der Waals surface area contributed by atoms with Gasteiger partial charge in [-0.15, -0.1) is 0 Å². The van der Waals surface area contributed by atoms with E-state index in [0.717, 1.165) is 19.5 Å². The number of amides is 1. The molecule has 2 unspecified atom stereocenters. The lowest BCUT2D eigenvalue weighted by Gasteiger charge is -2.22. The zero-order valence-corrected chi connectivity index (χ0v) is 11.2. The van der Waals surface area contributed by atoms with Crippen molar-refractivity contribution < 1.29 is 14.6 Å². The molecule has 1 fully saturated rings. The van der Waals surface area contributed by atoms with Crippen LogP contribution in [0.1, 0.15) is 27.2 Å². The maximum atomic E-state index is 11.4. The van der Waals surface area contributed by atoms with Gasteiger partial charge in [-0.2, -0.15) is 0 Å². The highest BCUT2D eigenvalue weighted by molar-refractivity contribution is 5.67. The van der Waals surface area contributed by atoms with Gasteiger partial charge >= 0.3 is 6.09 Å². The summed E-state index contributed by atoms with van der Waals surface area (Å²) in [6.45, 7) is 7.59. The van der Waals surface area contributed by atoms with Crippen molar-refractivity contribution in [2.24, 2.45) is 5.92 Å². The van der Waals surface area contributed by atoms with Crippen molar-refractivity contribution in [3.05, 3.63) is 0 Å². The van der Waals surface area contributed by atoms with Crippen molar-refractivity contribution in [3.8, 4) is 0 Å². The van der Waals surface area contributed by atoms with Gasteiger partial charge < -0.3 is 20.1 Å². The molecule has 0 spiro atoms. The van der Waals surface area contributed by atoms with Crippen molar-refractivity contribution >= 4 is 6.09 Å². The number of likely N-dealkylation sites (tertiary alicyclic amines) is 1. The lowest BCUT2D eigenvalue weighted by atomic mass is 10.0. The summed E-state index contributed by atoms with van der Waals surface area (Å²) in [5.74, 6) is 0.245. The quantitative estimate of drug-likeness (QED) is 0.771. The highest BCUT2D eigenvalue weighted by Gasteiger charge is 2.27. The number of carbonyl (C=O) groups excluding carboxylic acids is 1. The zero-order chi connectivity index (χ0) is 13.1. The van der Waals surface area contributed by atoms with E-state index in [9.17, 15) is 9.90 Å². The molecule has 2 atom stereocenters. The molecule has 1 aliphatic rings. The second-order valence-corrected chi connectivity index (χ2v) is 5.76. The topological polar surface area (TPSA) is 61.8 Å². The number of rotatable bonds is 3. The number of hydrogen-bond donors (Lipinski definition) is 2. The lowest BCUT2D eigenvalue weighted by molar-refractivity contribution is 0.0458. The van der Waals surface area contributed by atoms with Gasteiger partial charge in [-0.3, -0.25) is 0 Å². The molecule has 0 aromatic rings. The SMILES string of the molecule is CN1CCC(C(O)CNC(=O)OC(C)(C)C)C1. The van der Waals surface area contributed by atoms with Gasteiger partial charge in [0.05, 0.1) is 6.10 Å². The maximum absolute atomic E-state index is 11.4. The third kappa shape index (κ3) is 5.37. The van der Waals surface area contributed by atoms with Gasteiger partial charge in [-0.25, -0.2) is 4.79 Å². The fourth-order valence-electron chi connectivity index (χ4n) is 1.95. The number of ether oxygens (including phenoxy) is 1. The van der Waals surface area contributed by atoms with Crippen molar-refractivity contribution in [2.75, 3.05) is 26.7 Å². The lowest BCUT2D eigenvalue weighted by Crippen LogP contribution is -2.39. The molecule has 1 rings (SSSR count). The van der Waals surface area contributed by atoms with Crippen molar-refractivity contribution in [3.63, 3.8) is 0 Å². The minimum Gasteiger partial charge on any atom is -0.444 e. The van der Waals surface area contributed by atoms with Crippen LogP contribution in [0, 0.1) is 5.92 Å². The van der Waals surface area contributed by atoms with Gasteiger partial charge in [0.2, 0.25) is 0 Å². The third-order valence-electron chi connectivity index (χ3n) is 2.83. The molecule has 100 valence electrons. The average Bonchev–Trinajstić information content (AvgIpc) is 2.58. The second-order valence-electron chi connectivity index (χ2n) is 5.76. The summed E-state index contributed by atoms with van der Waals surface area (Å²) in [7, 11) is 2.04. The Labute approximate surface area is 103 Å². The summed E-state index contributed by atoms with van der Waals surface area (Å²) >= 11 is 0. The van der Waals surface area contributed by atoms with Crippen LogP contribution in [-0.4, -0.2) is 54.5 Å². The van der Waals surface area contributed by atoms with E-state index in [1.807, 2.05) is 27.8 Å². The van der Waals surface area contributed by atoms with E-state index in [2.05, 4.69) is 10.2 Å². The molecule has 0 aliphatic carbocycles. The molecule has 2 N–H and O–H groups in total. The predicted octanol–water partition coefficient (Wildman–Crippen LogP) is 0.824. The molecule has 5 heteroatoms. The van der Waals surface area contributed by atoms with E-state index in [1.165, 1.54) is 0 Å². The monoisotopic (exact) mass is 244 g/mol. The number of hydrogen-bond acceptors (Lipinski definition) is 4. The molecule has 1 amide bonds. The minimum absolute atomic E-state index is 0.245. The Kier molecular flexibility index (Phi) is 4.77. The van der Waals surface area contributed by atoms with Crippen LogP contribution in [0.5, 0.6) is 0 Å². The molecule has 1 aliphatic heterocycles. The molecule has 1 saturated heterocycles. The molecule has 0 aromatic carbocycles. The Bertz CT molecular complexity index is 263. The largest absolute Gasteiger partial charge is 0.444 e. The minimum atomic E-state index is -0.497. The molecule has 0 radical (unpaired) electrons. The van der Waals surface area contributed by atoms with E-state index >= 15 is 0 Å². The first-order valence-corrected chi connectivity index (χ1v) is 6.11. The van der Waals surface area contributed by atoms with Crippen LogP contribution in [0.4, 0.5) is 4.79 Å². The van der Waals surface area contributed by atoms with Crippen LogP contribution < -0.4 is 5.32 Å². The zero-order valence-electron chi connectivity index (χ0n) is 11.2. The van der Waals surface area contributed by atoms with Gasteiger partial charge in [0.1, 0.15) is 5.60 Å². The first-order valence-electron chi connectivity index (χ1n) is 6.11. The highest BCUT2D eigenvalue weighted by Crippen LogP contribution is 2.17. The summed E-state index contributed by atoms with van der Waals surface area (Å²) < 4.78 is 5.10. The van der Waals surface area contributed by atoms with Gasteiger partial charge in [0.25, 0.3) is 0 Å². The third-order valence-corrected chi connectivity index (χ3v) is 2.83.